The van der Waals surface area contributed by atoms with E-state index >= 15 is 0 Å². The van der Waals surface area contributed by atoms with Crippen molar-refractivity contribution in [3.05, 3.63) is 0 Å². The third kappa shape index (κ3) is 1.27. The molecule has 70 valence electrons. The van der Waals surface area contributed by atoms with Crippen molar-refractivity contribution in [2.24, 2.45) is 5.73 Å². The predicted molar refractivity (Wildman–Crippen MR) is 48.8 cm³/mol. The third-order valence-electron chi connectivity index (χ3n) is 3.65. The Hall–Kier alpha value is -0.0800. The lowest BCUT2D eigenvalue weighted by Gasteiger charge is -2.33. The van der Waals surface area contributed by atoms with E-state index in [1.165, 1.54) is 25.7 Å². The Balaban J connectivity index is 2.06. The van der Waals surface area contributed by atoms with E-state index in [0.29, 0.717) is 0 Å². The zero-order valence-corrected chi connectivity index (χ0v) is 7.68. The minimum atomic E-state index is -0.475. The Kier molecular flexibility index (Phi) is 1.92. The van der Waals surface area contributed by atoms with Gasteiger partial charge in [-0.25, -0.2) is 0 Å². The third-order valence-corrected chi connectivity index (χ3v) is 3.65. The van der Waals surface area contributed by atoms with E-state index in [2.05, 4.69) is 0 Å². The van der Waals surface area contributed by atoms with Crippen LogP contribution in [0.25, 0.3) is 0 Å². The first-order valence-corrected chi connectivity index (χ1v) is 5.18. The Morgan fingerprint density at radius 1 is 0.833 bits per heavy atom. The summed E-state index contributed by atoms with van der Waals surface area (Å²) in [7, 11) is 0. The van der Waals surface area contributed by atoms with Gasteiger partial charge in [-0.2, -0.15) is 0 Å². The van der Waals surface area contributed by atoms with Gasteiger partial charge in [-0.3, -0.25) is 0 Å². The van der Waals surface area contributed by atoms with Crippen molar-refractivity contribution >= 4 is 0 Å². The SMILES string of the molecule is NC1(C2(O)CC2)CCCCCC1. The normalized spacial score (nSPS) is 32.5. The van der Waals surface area contributed by atoms with Gasteiger partial charge in [-0.05, 0) is 25.7 Å². The maximum atomic E-state index is 10.0. The van der Waals surface area contributed by atoms with Gasteiger partial charge in [-0.1, -0.05) is 25.7 Å². The molecule has 2 nitrogen and oxygen atoms in total. The zero-order chi connectivity index (χ0) is 8.66. The lowest BCUT2D eigenvalue weighted by atomic mass is 9.83. The van der Waals surface area contributed by atoms with Gasteiger partial charge < -0.3 is 10.8 Å². The van der Waals surface area contributed by atoms with Crippen LogP contribution in [0.15, 0.2) is 0 Å². The molecule has 0 unspecified atom stereocenters. The molecule has 0 saturated heterocycles. The summed E-state index contributed by atoms with van der Waals surface area (Å²) in [4.78, 5) is 0. The molecule has 0 aliphatic heterocycles. The van der Waals surface area contributed by atoms with Crippen LogP contribution < -0.4 is 5.73 Å². The van der Waals surface area contributed by atoms with Crippen LogP contribution in [0.1, 0.15) is 51.4 Å². The summed E-state index contributed by atoms with van der Waals surface area (Å²) >= 11 is 0. The summed E-state index contributed by atoms with van der Waals surface area (Å²) in [5.74, 6) is 0. The van der Waals surface area contributed by atoms with Crippen molar-refractivity contribution in [2.45, 2.75) is 62.5 Å². The highest BCUT2D eigenvalue weighted by atomic mass is 16.3. The first-order chi connectivity index (χ1) is 5.66. The van der Waals surface area contributed by atoms with Gasteiger partial charge in [0, 0.05) is 5.54 Å². The van der Waals surface area contributed by atoms with Gasteiger partial charge in [0.1, 0.15) is 0 Å². The Bertz CT molecular complexity index is 167. The molecule has 3 N–H and O–H groups in total. The summed E-state index contributed by atoms with van der Waals surface area (Å²) < 4.78 is 0. The fraction of sp³-hybridized carbons (Fsp3) is 1.00. The number of hydrogen-bond acceptors (Lipinski definition) is 2. The molecule has 2 saturated carbocycles. The van der Waals surface area contributed by atoms with Crippen LogP contribution in [0.4, 0.5) is 0 Å². The van der Waals surface area contributed by atoms with Crippen LogP contribution in [0.3, 0.4) is 0 Å². The number of aliphatic hydroxyl groups is 1. The van der Waals surface area contributed by atoms with Crippen LogP contribution >= 0.6 is 0 Å². The molecule has 0 amide bonds. The molecule has 2 rings (SSSR count). The molecule has 0 spiro atoms. The van der Waals surface area contributed by atoms with E-state index in [1.807, 2.05) is 0 Å². The maximum absolute atomic E-state index is 10.0. The van der Waals surface area contributed by atoms with Gasteiger partial charge in [-0.15, -0.1) is 0 Å². The largest absolute Gasteiger partial charge is 0.388 e. The van der Waals surface area contributed by atoms with Crippen LogP contribution in [0.2, 0.25) is 0 Å². The summed E-state index contributed by atoms with van der Waals surface area (Å²) in [6.45, 7) is 0. The summed E-state index contributed by atoms with van der Waals surface area (Å²) in [5, 5.41) is 10.0. The van der Waals surface area contributed by atoms with E-state index < -0.39 is 5.60 Å². The van der Waals surface area contributed by atoms with E-state index in [0.717, 1.165) is 25.7 Å². The summed E-state index contributed by atoms with van der Waals surface area (Å²) in [6, 6.07) is 0. The van der Waals surface area contributed by atoms with Crippen molar-refractivity contribution in [3.8, 4) is 0 Å². The quantitative estimate of drug-likeness (QED) is 0.585. The second-order valence-corrected chi connectivity index (χ2v) is 4.60. The van der Waals surface area contributed by atoms with E-state index in [-0.39, 0.29) is 5.54 Å². The minimum absolute atomic E-state index is 0.233. The second kappa shape index (κ2) is 2.71. The molecule has 0 radical (unpaired) electrons. The highest BCUT2D eigenvalue weighted by Crippen LogP contribution is 2.48. The first kappa shape index (κ1) is 8.52. The van der Waals surface area contributed by atoms with Crippen molar-refractivity contribution in [3.63, 3.8) is 0 Å². The molecule has 0 aromatic carbocycles. The van der Waals surface area contributed by atoms with Crippen LogP contribution in [0, 0.1) is 0 Å². The van der Waals surface area contributed by atoms with Crippen LogP contribution in [0.5, 0.6) is 0 Å². The standard InChI is InChI=1S/C10H19NO/c11-9(10(12)7-8-10)5-3-1-2-4-6-9/h12H,1-8,11H2. The topological polar surface area (TPSA) is 46.2 Å². The smallest absolute Gasteiger partial charge is 0.0828 e. The molecular formula is C10H19NO. The Labute approximate surface area is 74.1 Å². The molecule has 12 heavy (non-hydrogen) atoms. The minimum Gasteiger partial charge on any atom is -0.388 e. The first-order valence-electron chi connectivity index (χ1n) is 5.18. The molecule has 0 aromatic heterocycles. The number of rotatable bonds is 1. The van der Waals surface area contributed by atoms with Crippen LogP contribution in [-0.4, -0.2) is 16.2 Å². The predicted octanol–water partition coefficient (Wildman–Crippen LogP) is 1.56. The van der Waals surface area contributed by atoms with Crippen molar-refractivity contribution < 1.29 is 5.11 Å². The fourth-order valence-corrected chi connectivity index (χ4v) is 2.44. The summed E-state index contributed by atoms with van der Waals surface area (Å²) in [6.07, 6.45) is 8.95. The highest BCUT2D eigenvalue weighted by molar-refractivity contribution is 5.12. The molecule has 0 atom stereocenters. The average molecular weight is 169 g/mol. The van der Waals surface area contributed by atoms with Gasteiger partial charge >= 0.3 is 0 Å². The molecule has 0 aromatic rings. The molecule has 0 heterocycles. The van der Waals surface area contributed by atoms with E-state index in [1.54, 1.807) is 0 Å². The van der Waals surface area contributed by atoms with Gasteiger partial charge in [0.25, 0.3) is 0 Å². The van der Waals surface area contributed by atoms with E-state index in [4.69, 9.17) is 5.73 Å². The van der Waals surface area contributed by atoms with Crippen molar-refractivity contribution in [2.75, 3.05) is 0 Å². The van der Waals surface area contributed by atoms with Crippen molar-refractivity contribution in [1.29, 1.82) is 0 Å². The molecule has 2 heteroatoms. The molecule has 0 bridgehead atoms. The molecule has 2 aliphatic rings. The van der Waals surface area contributed by atoms with Crippen LogP contribution in [-0.2, 0) is 0 Å². The lowest BCUT2D eigenvalue weighted by Crippen LogP contribution is -2.52. The monoisotopic (exact) mass is 169 g/mol. The van der Waals surface area contributed by atoms with Crippen molar-refractivity contribution in [1.82, 2.24) is 0 Å². The second-order valence-electron chi connectivity index (χ2n) is 4.60. The maximum Gasteiger partial charge on any atom is 0.0828 e. The zero-order valence-electron chi connectivity index (χ0n) is 7.68. The Morgan fingerprint density at radius 2 is 1.33 bits per heavy atom. The highest BCUT2D eigenvalue weighted by Gasteiger charge is 2.55. The van der Waals surface area contributed by atoms with Gasteiger partial charge in [0.15, 0.2) is 0 Å². The fourth-order valence-electron chi connectivity index (χ4n) is 2.44. The summed E-state index contributed by atoms with van der Waals surface area (Å²) in [5.41, 5.74) is 5.54. The molecule has 2 aliphatic carbocycles. The average Bonchev–Trinajstić information content (AvgIpc) is 2.78. The molecule has 2 fully saturated rings. The lowest BCUT2D eigenvalue weighted by molar-refractivity contribution is 0.0492. The van der Waals surface area contributed by atoms with E-state index in [9.17, 15) is 5.11 Å². The van der Waals surface area contributed by atoms with Gasteiger partial charge in [0.2, 0.25) is 0 Å². The molecular weight excluding hydrogens is 150 g/mol. The Morgan fingerprint density at radius 3 is 1.75 bits per heavy atom. The number of nitrogens with two attached hydrogens (primary N) is 1. The number of hydrogen-bond donors (Lipinski definition) is 2. The van der Waals surface area contributed by atoms with Gasteiger partial charge in [0.05, 0.1) is 5.60 Å².